The summed E-state index contributed by atoms with van der Waals surface area (Å²) in [5, 5.41) is 0. The molecule has 0 aromatic carbocycles. The quantitative estimate of drug-likeness (QED) is 0.195. The Bertz CT molecular complexity index is 186. The van der Waals surface area contributed by atoms with Gasteiger partial charge >= 0.3 is 25.2 Å². The SMILES string of the molecule is CCCCCCCCC=CCCCCCCCCN.[Cl][Cu]. The molecular formula is C18H37ClCuN. The molecule has 0 rings (SSSR count). The van der Waals surface area contributed by atoms with Crippen molar-refractivity contribution in [2.45, 2.75) is 96.8 Å². The Morgan fingerprint density at radius 2 is 1.05 bits per heavy atom. The molecule has 0 spiro atoms. The van der Waals surface area contributed by atoms with Crippen molar-refractivity contribution >= 4 is 10.1 Å². The van der Waals surface area contributed by atoms with Crippen molar-refractivity contribution in [3.8, 4) is 0 Å². The first-order chi connectivity index (χ1) is 10.4. The Hall–Kier alpha value is 0.509. The molecule has 0 unspecified atom stereocenters. The molecule has 0 bridgehead atoms. The first-order valence-electron chi connectivity index (χ1n) is 8.88. The van der Waals surface area contributed by atoms with Crippen LogP contribution in [-0.2, 0) is 15.1 Å². The zero-order valence-electron chi connectivity index (χ0n) is 14.0. The molecule has 0 atom stereocenters. The van der Waals surface area contributed by atoms with Gasteiger partial charge in [0.25, 0.3) is 0 Å². The van der Waals surface area contributed by atoms with Gasteiger partial charge in [-0.15, -0.1) is 0 Å². The van der Waals surface area contributed by atoms with Crippen LogP contribution in [0, 0.1) is 0 Å². The molecule has 0 aromatic heterocycles. The molecule has 0 fully saturated rings. The van der Waals surface area contributed by atoms with Crippen molar-refractivity contribution in [1.82, 2.24) is 0 Å². The monoisotopic (exact) mass is 365 g/mol. The van der Waals surface area contributed by atoms with Gasteiger partial charge in [0.05, 0.1) is 0 Å². The molecule has 0 heterocycles. The average Bonchev–Trinajstić information content (AvgIpc) is 2.53. The molecule has 0 aromatic rings. The number of nitrogens with two attached hydrogens (primary N) is 1. The molecule has 1 nitrogen and oxygen atoms in total. The molecule has 0 saturated heterocycles. The van der Waals surface area contributed by atoms with Crippen LogP contribution < -0.4 is 5.73 Å². The minimum absolute atomic E-state index is 0.862. The van der Waals surface area contributed by atoms with Crippen molar-refractivity contribution in [3.05, 3.63) is 12.2 Å². The number of hydrogen-bond donors (Lipinski definition) is 1. The summed E-state index contributed by atoms with van der Waals surface area (Å²) in [6.45, 7) is 3.14. The second-order valence-electron chi connectivity index (χ2n) is 5.73. The summed E-state index contributed by atoms with van der Waals surface area (Å²) in [6, 6.07) is 0. The summed E-state index contributed by atoms with van der Waals surface area (Å²) in [4.78, 5) is 0. The molecule has 21 heavy (non-hydrogen) atoms. The zero-order valence-corrected chi connectivity index (χ0v) is 15.7. The normalized spacial score (nSPS) is 10.7. The third-order valence-electron chi connectivity index (χ3n) is 3.72. The zero-order chi connectivity index (χ0) is 16.0. The maximum atomic E-state index is 5.47. The molecular weight excluding hydrogens is 329 g/mol. The van der Waals surface area contributed by atoms with Gasteiger partial charge < -0.3 is 5.73 Å². The average molecular weight is 366 g/mol. The third kappa shape index (κ3) is 25.8. The fourth-order valence-electron chi connectivity index (χ4n) is 2.39. The van der Waals surface area contributed by atoms with E-state index in [2.05, 4.69) is 44.3 Å². The van der Waals surface area contributed by atoms with Crippen LogP contribution in [0.1, 0.15) is 96.8 Å². The summed E-state index contributed by atoms with van der Waals surface area (Å²) < 4.78 is 0. The number of allylic oxidation sites excluding steroid dienone is 2. The second kappa shape index (κ2) is 25.5. The molecule has 0 radical (unpaired) electrons. The maximum absolute atomic E-state index is 5.47. The van der Waals surface area contributed by atoms with Crippen molar-refractivity contribution in [3.63, 3.8) is 0 Å². The van der Waals surface area contributed by atoms with Crippen molar-refractivity contribution in [2.24, 2.45) is 5.73 Å². The Balaban J connectivity index is 0. The van der Waals surface area contributed by atoms with Gasteiger partial charge in [-0.1, -0.05) is 76.9 Å². The van der Waals surface area contributed by atoms with Crippen LogP contribution in [0.3, 0.4) is 0 Å². The van der Waals surface area contributed by atoms with Crippen LogP contribution in [0.25, 0.3) is 0 Å². The van der Waals surface area contributed by atoms with E-state index in [1.165, 1.54) is 89.9 Å². The van der Waals surface area contributed by atoms with Gasteiger partial charge in [0, 0.05) is 0 Å². The van der Waals surface area contributed by atoms with E-state index in [0.29, 0.717) is 0 Å². The molecule has 0 aliphatic rings. The number of rotatable bonds is 15. The van der Waals surface area contributed by atoms with Crippen molar-refractivity contribution < 1.29 is 15.1 Å². The molecule has 3 heteroatoms. The summed E-state index contributed by atoms with van der Waals surface area (Å²) in [7, 11) is 4.20. The van der Waals surface area contributed by atoms with Crippen molar-refractivity contribution in [2.75, 3.05) is 6.54 Å². The van der Waals surface area contributed by atoms with Gasteiger partial charge in [-0.3, -0.25) is 0 Å². The Morgan fingerprint density at radius 3 is 1.48 bits per heavy atom. The van der Waals surface area contributed by atoms with Gasteiger partial charge in [0.1, 0.15) is 0 Å². The van der Waals surface area contributed by atoms with Gasteiger partial charge in [0.2, 0.25) is 0 Å². The van der Waals surface area contributed by atoms with E-state index in [9.17, 15) is 0 Å². The minimum atomic E-state index is 0.862. The van der Waals surface area contributed by atoms with E-state index in [4.69, 9.17) is 5.73 Å². The predicted octanol–water partition coefficient (Wildman–Crippen LogP) is 6.67. The van der Waals surface area contributed by atoms with E-state index in [1.807, 2.05) is 0 Å². The van der Waals surface area contributed by atoms with Crippen LogP contribution in [0.2, 0.25) is 0 Å². The van der Waals surface area contributed by atoms with Gasteiger partial charge in [0.15, 0.2) is 0 Å². The van der Waals surface area contributed by atoms with Gasteiger partial charge in [-0.2, -0.15) is 0 Å². The fraction of sp³-hybridized carbons (Fsp3) is 0.889. The molecule has 0 saturated carbocycles. The summed E-state index contributed by atoms with van der Waals surface area (Å²) in [5.41, 5.74) is 5.47. The first kappa shape index (κ1) is 23.8. The number of hydrogen-bond acceptors (Lipinski definition) is 1. The van der Waals surface area contributed by atoms with E-state index in [0.717, 1.165) is 6.54 Å². The molecule has 0 aliphatic carbocycles. The Kier molecular flexibility index (Phi) is 28.8. The number of unbranched alkanes of at least 4 members (excludes halogenated alkanes) is 12. The fourth-order valence-corrected chi connectivity index (χ4v) is 2.39. The van der Waals surface area contributed by atoms with Gasteiger partial charge in [-0.25, -0.2) is 0 Å². The van der Waals surface area contributed by atoms with E-state index in [1.54, 1.807) is 0 Å². The predicted molar refractivity (Wildman–Crippen MR) is 94.4 cm³/mol. The van der Waals surface area contributed by atoms with Crippen LogP contribution in [0.4, 0.5) is 0 Å². The summed E-state index contributed by atoms with van der Waals surface area (Å²) in [5.74, 6) is 0. The molecule has 2 N–H and O–H groups in total. The van der Waals surface area contributed by atoms with E-state index in [-0.39, 0.29) is 0 Å². The number of halogens is 1. The summed E-state index contributed by atoms with van der Waals surface area (Å²) >= 11 is 3.66. The first-order valence-corrected chi connectivity index (χ1v) is 10.2. The van der Waals surface area contributed by atoms with Gasteiger partial charge in [-0.05, 0) is 38.6 Å². The standard InChI is InChI=1S/C18H37N.ClH.Cu/c1-2-3-4-5-6-7-8-9-10-11-12-13-14-15-16-17-18-19;;/h9-10H,2-8,11-19H2,1H3;1H;/q;;+1/p-1. The molecule has 132 valence electrons. The molecule has 0 amide bonds. The third-order valence-corrected chi connectivity index (χ3v) is 3.72. The summed E-state index contributed by atoms with van der Waals surface area (Å²) in [6.07, 6.45) is 23.9. The Morgan fingerprint density at radius 1 is 0.667 bits per heavy atom. The van der Waals surface area contributed by atoms with E-state index < -0.39 is 0 Å². The van der Waals surface area contributed by atoms with Crippen LogP contribution in [0.5, 0.6) is 0 Å². The Labute approximate surface area is 146 Å². The van der Waals surface area contributed by atoms with E-state index >= 15 is 0 Å². The van der Waals surface area contributed by atoms with Crippen molar-refractivity contribution in [1.29, 1.82) is 0 Å². The van der Waals surface area contributed by atoms with Crippen LogP contribution >= 0.6 is 10.1 Å². The molecule has 0 aliphatic heterocycles. The van der Waals surface area contributed by atoms with Crippen LogP contribution in [0.15, 0.2) is 12.2 Å². The second-order valence-corrected chi connectivity index (χ2v) is 5.73. The topological polar surface area (TPSA) is 26.0 Å². The van der Waals surface area contributed by atoms with Crippen LogP contribution in [-0.4, -0.2) is 6.54 Å².